The van der Waals surface area contributed by atoms with Crippen molar-refractivity contribution >= 4 is 54.2 Å². The average Bonchev–Trinajstić information content (AvgIpc) is 3.32. The first-order valence-corrected chi connectivity index (χ1v) is 14.7. The molecule has 3 fully saturated rings. The van der Waals surface area contributed by atoms with Crippen LogP contribution in [0.5, 0.6) is 0 Å². The summed E-state index contributed by atoms with van der Waals surface area (Å²) in [6.07, 6.45) is 0.333. The molecule has 36 heavy (non-hydrogen) atoms. The standard InChI is InChI=1S/C22H27ClN4O7S2/c1-15(28)25-7-5-21(6-8-25)12-27-20(29)11-26(13-22(27,14-34-2)36(21,32)33)35(30,31)19-10-16-9-17(23)3-4-18(16)24-19/h3-4,9-10,24H,5-8,11-14H2,1-2H3. The van der Waals surface area contributed by atoms with Crippen LogP contribution in [0.3, 0.4) is 0 Å². The van der Waals surface area contributed by atoms with Crippen molar-refractivity contribution in [3.8, 4) is 0 Å². The van der Waals surface area contributed by atoms with Gasteiger partial charge in [-0.05, 0) is 37.1 Å². The second-order valence-electron chi connectivity index (χ2n) is 9.69. The summed E-state index contributed by atoms with van der Waals surface area (Å²) in [7, 11) is -7.05. The number of methoxy groups -OCH3 is 1. The van der Waals surface area contributed by atoms with Crippen molar-refractivity contribution < 1.29 is 31.2 Å². The molecule has 4 heterocycles. The summed E-state index contributed by atoms with van der Waals surface area (Å²) < 4.78 is 60.6. The predicted molar refractivity (Wildman–Crippen MR) is 132 cm³/mol. The fourth-order valence-corrected chi connectivity index (χ4v) is 10.3. The van der Waals surface area contributed by atoms with Crippen molar-refractivity contribution in [1.29, 1.82) is 0 Å². The third kappa shape index (κ3) is 3.51. The number of rotatable bonds is 4. The van der Waals surface area contributed by atoms with E-state index in [0.29, 0.717) is 15.9 Å². The van der Waals surface area contributed by atoms with Crippen LogP contribution in [-0.2, 0) is 34.2 Å². The number of sulfonamides is 1. The molecule has 0 saturated carbocycles. The van der Waals surface area contributed by atoms with E-state index in [1.54, 1.807) is 23.1 Å². The minimum Gasteiger partial charge on any atom is -0.381 e. The minimum absolute atomic E-state index is 0.0535. The molecule has 5 rings (SSSR count). The predicted octanol–water partition coefficient (Wildman–Crippen LogP) is 0.806. The molecule has 14 heteroatoms. The lowest BCUT2D eigenvalue weighted by molar-refractivity contribution is -0.141. The average molecular weight is 559 g/mol. The Labute approximate surface area is 214 Å². The van der Waals surface area contributed by atoms with Crippen LogP contribution in [0.4, 0.5) is 0 Å². The number of hydrogen-bond acceptors (Lipinski definition) is 7. The maximum absolute atomic E-state index is 14.2. The number of aromatic amines is 1. The summed E-state index contributed by atoms with van der Waals surface area (Å²) in [6, 6.07) is 6.29. The Morgan fingerprint density at radius 2 is 1.89 bits per heavy atom. The van der Waals surface area contributed by atoms with Crippen molar-refractivity contribution in [3.05, 3.63) is 29.3 Å². The van der Waals surface area contributed by atoms with Gasteiger partial charge in [-0.1, -0.05) is 11.6 Å². The fourth-order valence-electron chi connectivity index (χ4n) is 5.73. The van der Waals surface area contributed by atoms with Crippen molar-refractivity contribution in [2.45, 2.75) is 34.4 Å². The van der Waals surface area contributed by atoms with E-state index in [-0.39, 0.29) is 50.0 Å². The molecule has 1 unspecified atom stereocenters. The number of carbonyl (C=O) groups excluding carboxylic acids is 2. The van der Waals surface area contributed by atoms with E-state index < -0.39 is 48.5 Å². The molecule has 1 aromatic heterocycles. The van der Waals surface area contributed by atoms with E-state index in [9.17, 15) is 26.4 Å². The number of fused-ring (bicyclic) bond motifs is 2. The van der Waals surface area contributed by atoms with Gasteiger partial charge in [-0.25, -0.2) is 16.8 Å². The summed E-state index contributed by atoms with van der Waals surface area (Å²) in [6.45, 7) is 0.565. The third-order valence-electron chi connectivity index (χ3n) is 7.71. The molecule has 2 aromatic rings. The number of nitrogens with one attached hydrogen (secondary N) is 1. The Morgan fingerprint density at radius 1 is 1.19 bits per heavy atom. The van der Waals surface area contributed by atoms with Gasteiger partial charge in [-0.3, -0.25) is 9.59 Å². The van der Waals surface area contributed by atoms with Crippen LogP contribution in [-0.4, -0.2) is 104 Å². The lowest BCUT2D eigenvalue weighted by Crippen LogP contribution is -2.67. The highest BCUT2D eigenvalue weighted by Gasteiger charge is 2.70. The number of hydrogen-bond donors (Lipinski definition) is 1. The van der Waals surface area contributed by atoms with Crippen LogP contribution in [0.1, 0.15) is 19.8 Å². The monoisotopic (exact) mass is 558 g/mol. The Bertz CT molecular complexity index is 1460. The first-order valence-electron chi connectivity index (χ1n) is 11.4. The molecule has 0 aliphatic carbocycles. The Balaban J connectivity index is 1.54. The van der Waals surface area contributed by atoms with E-state index in [1.165, 1.54) is 25.0 Å². The van der Waals surface area contributed by atoms with Gasteiger partial charge in [-0.2, -0.15) is 4.31 Å². The van der Waals surface area contributed by atoms with Crippen LogP contribution < -0.4 is 0 Å². The molecule has 3 aliphatic heterocycles. The van der Waals surface area contributed by atoms with Crippen LogP contribution in [0, 0.1) is 0 Å². The van der Waals surface area contributed by atoms with Crippen molar-refractivity contribution in [1.82, 2.24) is 19.1 Å². The molecule has 2 amide bonds. The summed E-state index contributed by atoms with van der Waals surface area (Å²) in [5.41, 5.74) is 0.541. The van der Waals surface area contributed by atoms with Gasteiger partial charge in [-0.15, -0.1) is 0 Å². The van der Waals surface area contributed by atoms with Crippen molar-refractivity contribution in [2.24, 2.45) is 0 Å². The molecule has 1 N–H and O–H groups in total. The highest BCUT2D eigenvalue weighted by Crippen LogP contribution is 2.49. The van der Waals surface area contributed by atoms with Crippen LogP contribution in [0.25, 0.3) is 10.9 Å². The topological polar surface area (TPSA) is 137 Å². The Morgan fingerprint density at radius 3 is 2.53 bits per heavy atom. The largest absolute Gasteiger partial charge is 0.381 e. The zero-order valence-electron chi connectivity index (χ0n) is 19.9. The number of ether oxygens (including phenoxy) is 1. The van der Waals surface area contributed by atoms with Gasteiger partial charge >= 0.3 is 0 Å². The summed E-state index contributed by atoms with van der Waals surface area (Å²) in [5, 5.41) is 0.849. The van der Waals surface area contributed by atoms with Gasteiger partial charge < -0.3 is 19.5 Å². The SMILES string of the molecule is COCC12CN(S(=O)(=O)c3cc4cc(Cl)ccc4[nH]3)CC(=O)N1CC1(CCN(C(C)=O)CC1)S2(=O)=O. The van der Waals surface area contributed by atoms with Gasteiger partial charge in [0.05, 0.1) is 24.4 Å². The second kappa shape index (κ2) is 8.42. The molecule has 11 nitrogen and oxygen atoms in total. The fraction of sp³-hybridized carbons (Fsp3) is 0.545. The lowest BCUT2D eigenvalue weighted by atomic mass is 9.94. The number of sulfone groups is 1. The highest BCUT2D eigenvalue weighted by atomic mass is 35.5. The van der Waals surface area contributed by atoms with Crippen molar-refractivity contribution in [2.75, 3.05) is 46.4 Å². The lowest BCUT2D eigenvalue weighted by Gasteiger charge is -2.44. The maximum atomic E-state index is 14.2. The van der Waals surface area contributed by atoms with Gasteiger partial charge in [0.1, 0.15) is 5.03 Å². The Hall–Kier alpha value is -2.19. The molecule has 1 atom stereocenters. The van der Waals surface area contributed by atoms with E-state index in [4.69, 9.17) is 16.3 Å². The van der Waals surface area contributed by atoms with Crippen LogP contribution >= 0.6 is 11.6 Å². The zero-order chi connectivity index (χ0) is 26.1. The zero-order valence-corrected chi connectivity index (χ0v) is 22.2. The number of nitrogens with zero attached hydrogens (tertiary/aromatic N) is 3. The van der Waals surface area contributed by atoms with Gasteiger partial charge in [0.15, 0.2) is 14.7 Å². The normalized spacial score (nSPS) is 26.0. The number of likely N-dealkylation sites (tertiary alicyclic amines) is 1. The van der Waals surface area contributed by atoms with Crippen LogP contribution in [0.2, 0.25) is 5.02 Å². The molecule has 3 saturated heterocycles. The van der Waals surface area contributed by atoms with E-state index in [0.717, 1.165) is 4.31 Å². The summed E-state index contributed by atoms with van der Waals surface area (Å²) >= 11 is 6.03. The number of amides is 2. The molecular weight excluding hydrogens is 532 g/mol. The number of piperazine rings is 1. The number of halogens is 1. The number of benzene rings is 1. The maximum Gasteiger partial charge on any atom is 0.259 e. The van der Waals surface area contributed by atoms with Gasteiger partial charge in [0.25, 0.3) is 10.0 Å². The molecule has 0 bridgehead atoms. The minimum atomic E-state index is -4.26. The smallest absolute Gasteiger partial charge is 0.259 e. The number of carbonyl (C=O) groups is 2. The third-order valence-corrected chi connectivity index (χ3v) is 12.8. The number of aromatic nitrogens is 1. The first-order chi connectivity index (χ1) is 16.9. The van der Waals surface area contributed by atoms with Gasteiger partial charge in [0, 0.05) is 49.6 Å². The molecule has 3 aliphatic rings. The molecule has 1 spiro atoms. The molecule has 1 aromatic carbocycles. The van der Waals surface area contributed by atoms with Crippen LogP contribution in [0.15, 0.2) is 29.3 Å². The summed E-state index contributed by atoms with van der Waals surface area (Å²) in [4.78, 5) is 29.0. The molecular formula is C22H27ClN4O7S2. The second-order valence-corrected chi connectivity index (χ2v) is 14.7. The van der Waals surface area contributed by atoms with Crippen molar-refractivity contribution in [3.63, 3.8) is 0 Å². The van der Waals surface area contributed by atoms with E-state index in [2.05, 4.69) is 4.98 Å². The summed E-state index contributed by atoms with van der Waals surface area (Å²) in [5.74, 6) is -0.743. The first kappa shape index (κ1) is 25.5. The Kier molecular flexibility index (Phi) is 5.95. The van der Waals surface area contributed by atoms with Gasteiger partial charge in [0.2, 0.25) is 11.8 Å². The highest BCUT2D eigenvalue weighted by molar-refractivity contribution is 7.94. The molecule has 0 radical (unpaired) electrons. The van der Waals surface area contributed by atoms with E-state index in [1.807, 2.05) is 0 Å². The van der Waals surface area contributed by atoms with E-state index >= 15 is 0 Å². The molecule has 196 valence electrons. The number of piperidine rings is 1. The number of H-pyrrole nitrogens is 1. The quantitative estimate of drug-likeness (QED) is 0.586.